The van der Waals surface area contributed by atoms with Crippen LogP contribution in [0.2, 0.25) is 5.02 Å². The molecule has 1 saturated carbocycles. The second-order valence-corrected chi connectivity index (χ2v) is 8.55. The number of halogens is 2. The Labute approximate surface area is 171 Å². The molecule has 29 heavy (non-hydrogen) atoms. The maximum Gasteiger partial charge on any atom is 0.407 e. The van der Waals surface area contributed by atoms with E-state index >= 15 is 0 Å². The Morgan fingerprint density at radius 1 is 1.38 bits per heavy atom. The molecule has 1 aromatic heterocycles. The lowest BCUT2D eigenvalue weighted by Gasteiger charge is -2.44. The van der Waals surface area contributed by atoms with Crippen LogP contribution in [0.1, 0.15) is 40.5 Å². The Morgan fingerprint density at radius 2 is 2.17 bits per heavy atom. The molecule has 1 aliphatic carbocycles. The topological polar surface area (TPSA) is 76.5 Å². The molecule has 9 heteroatoms. The molecule has 1 spiro atoms. The molecule has 0 bridgehead atoms. The van der Waals surface area contributed by atoms with E-state index in [4.69, 9.17) is 16.3 Å². The highest BCUT2D eigenvalue weighted by molar-refractivity contribution is 6.31. The highest BCUT2D eigenvalue weighted by Crippen LogP contribution is 2.46. The number of fused-ring (bicyclic) bond motifs is 1. The molecular weight excluding hydrogens is 399 g/mol. The third-order valence-electron chi connectivity index (χ3n) is 6.29. The zero-order valence-electron chi connectivity index (χ0n) is 15.8. The Bertz CT molecular complexity index is 998. The SMILES string of the molecule is Cn1ncc(Cl)c1CC1c2cccc(F)c2C(=O)N1CC1CC2(CNC(=O)O2)C1. The Balaban J connectivity index is 1.41. The van der Waals surface area contributed by atoms with Gasteiger partial charge in [-0.25, -0.2) is 9.18 Å². The van der Waals surface area contributed by atoms with Crippen molar-refractivity contribution >= 4 is 23.6 Å². The fourth-order valence-corrected chi connectivity index (χ4v) is 5.15. The predicted octanol–water partition coefficient (Wildman–Crippen LogP) is 2.84. The number of carbonyl (C=O) groups excluding carboxylic acids is 2. The third kappa shape index (κ3) is 2.88. The van der Waals surface area contributed by atoms with Gasteiger partial charge >= 0.3 is 6.09 Å². The number of carbonyl (C=O) groups is 2. The molecular formula is C20H20ClFN4O3. The number of ether oxygens (including phenoxy) is 1. The molecule has 2 fully saturated rings. The Hall–Kier alpha value is -2.61. The van der Waals surface area contributed by atoms with Crippen LogP contribution in [0.15, 0.2) is 24.4 Å². The van der Waals surface area contributed by atoms with Crippen molar-refractivity contribution < 1.29 is 18.7 Å². The van der Waals surface area contributed by atoms with Gasteiger partial charge in [0.25, 0.3) is 5.91 Å². The second kappa shape index (κ2) is 6.45. The smallest absolute Gasteiger partial charge is 0.407 e. The van der Waals surface area contributed by atoms with Gasteiger partial charge < -0.3 is 15.0 Å². The fourth-order valence-electron chi connectivity index (χ4n) is 4.91. The number of rotatable bonds is 4. The lowest BCUT2D eigenvalue weighted by molar-refractivity contribution is -0.0555. The molecule has 7 nitrogen and oxygen atoms in total. The van der Waals surface area contributed by atoms with Crippen LogP contribution in [0.25, 0.3) is 0 Å². The van der Waals surface area contributed by atoms with E-state index in [9.17, 15) is 14.0 Å². The van der Waals surface area contributed by atoms with Crippen LogP contribution in [-0.2, 0) is 18.2 Å². The minimum absolute atomic E-state index is 0.138. The highest BCUT2D eigenvalue weighted by atomic mass is 35.5. The Morgan fingerprint density at radius 3 is 2.83 bits per heavy atom. The first-order valence-corrected chi connectivity index (χ1v) is 9.97. The lowest BCUT2D eigenvalue weighted by atomic mass is 9.70. The molecule has 0 radical (unpaired) electrons. The van der Waals surface area contributed by atoms with Crippen LogP contribution in [0.5, 0.6) is 0 Å². The fraction of sp³-hybridized carbons (Fsp3) is 0.450. The molecule has 2 amide bonds. The molecule has 3 aliphatic rings. The molecule has 1 unspecified atom stereocenters. The van der Waals surface area contributed by atoms with Crippen LogP contribution in [-0.4, -0.2) is 45.4 Å². The van der Waals surface area contributed by atoms with Gasteiger partial charge in [0.05, 0.1) is 35.1 Å². The van der Waals surface area contributed by atoms with Gasteiger partial charge in [-0.2, -0.15) is 5.10 Å². The second-order valence-electron chi connectivity index (χ2n) is 8.14. The molecule has 1 N–H and O–H groups in total. The quantitative estimate of drug-likeness (QED) is 0.828. The number of amides is 2. The van der Waals surface area contributed by atoms with Gasteiger partial charge in [-0.15, -0.1) is 0 Å². The monoisotopic (exact) mass is 418 g/mol. The van der Waals surface area contributed by atoms with E-state index in [1.165, 1.54) is 6.07 Å². The summed E-state index contributed by atoms with van der Waals surface area (Å²) in [6.07, 6.45) is 3.01. The molecule has 1 atom stereocenters. The zero-order chi connectivity index (χ0) is 20.3. The van der Waals surface area contributed by atoms with Crippen molar-refractivity contribution in [3.05, 3.63) is 52.1 Å². The third-order valence-corrected chi connectivity index (χ3v) is 6.61. The average molecular weight is 419 g/mol. The van der Waals surface area contributed by atoms with E-state index in [2.05, 4.69) is 10.4 Å². The van der Waals surface area contributed by atoms with E-state index in [0.29, 0.717) is 42.9 Å². The average Bonchev–Trinajstić information content (AvgIpc) is 3.27. The van der Waals surface area contributed by atoms with E-state index in [1.54, 1.807) is 35.0 Å². The van der Waals surface area contributed by atoms with Gasteiger partial charge in [0.15, 0.2) is 0 Å². The van der Waals surface area contributed by atoms with Crippen LogP contribution in [0.4, 0.5) is 9.18 Å². The summed E-state index contributed by atoms with van der Waals surface area (Å²) >= 11 is 6.29. The first kappa shape index (κ1) is 18.4. The maximum absolute atomic E-state index is 14.5. The minimum atomic E-state index is -0.505. The van der Waals surface area contributed by atoms with Crippen molar-refractivity contribution in [2.45, 2.75) is 30.9 Å². The first-order valence-electron chi connectivity index (χ1n) is 9.59. The number of benzene rings is 1. The van der Waals surface area contributed by atoms with Gasteiger partial charge in [-0.1, -0.05) is 23.7 Å². The van der Waals surface area contributed by atoms with E-state index in [0.717, 1.165) is 5.69 Å². The van der Waals surface area contributed by atoms with E-state index in [-0.39, 0.29) is 29.5 Å². The molecule has 1 saturated heterocycles. The van der Waals surface area contributed by atoms with Crippen molar-refractivity contribution in [1.29, 1.82) is 0 Å². The van der Waals surface area contributed by atoms with Crippen molar-refractivity contribution in [2.24, 2.45) is 13.0 Å². The molecule has 3 heterocycles. The standard InChI is InChI=1S/C20H20ClFN4O3/c1-25-16(13(21)8-24-25)5-15-12-3-2-4-14(22)17(12)18(27)26(15)9-11-6-20(7-11)10-23-19(28)29-20/h2-4,8,11,15H,5-7,9-10H2,1H3,(H,23,28). The van der Waals surface area contributed by atoms with Crippen molar-refractivity contribution in [1.82, 2.24) is 20.0 Å². The highest BCUT2D eigenvalue weighted by Gasteiger charge is 2.53. The zero-order valence-corrected chi connectivity index (χ0v) is 16.6. The number of aromatic nitrogens is 2. The summed E-state index contributed by atoms with van der Waals surface area (Å²) in [5.41, 5.74) is 1.16. The van der Waals surface area contributed by atoms with Gasteiger partial charge in [0.2, 0.25) is 0 Å². The molecule has 2 aliphatic heterocycles. The number of hydrogen-bond acceptors (Lipinski definition) is 4. The molecule has 2 aromatic rings. The summed E-state index contributed by atoms with van der Waals surface area (Å²) in [6, 6.07) is 4.43. The van der Waals surface area contributed by atoms with Gasteiger partial charge in [0.1, 0.15) is 11.4 Å². The lowest BCUT2D eigenvalue weighted by Crippen LogP contribution is -2.51. The maximum atomic E-state index is 14.5. The number of alkyl carbamates (subject to hydrolysis) is 1. The van der Waals surface area contributed by atoms with E-state index in [1.807, 2.05) is 0 Å². The molecule has 5 rings (SSSR count). The summed E-state index contributed by atoms with van der Waals surface area (Å²) in [5.74, 6) is -0.618. The number of hydrogen-bond donors (Lipinski definition) is 1. The van der Waals surface area contributed by atoms with Crippen LogP contribution < -0.4 is 5.32 Å². The summed E-state index contributed by atoms with van der Waals surface area (Å²) < 4.78 is 21.6. The normalized spacial score (nSPS) is 27.8. The van der Waals surface area contributed by atoms with Gasteiger partial charge in [0, 0.05) is 20.0 Å². The van der Waals surface area contributed by atoms with Crippen LogP contribution >= 0.6 is 11.6 Å². The molecule has 152 valence electrons. The number of nitrogens with one attached hydrogen (secondary N) is 1. The predicted molar refractivity (Wildman–Crippen MR) is 102 cm³/mol. The summed E-state index contributed by atoms with van der Waals surface area (Å²) in [7, 11) is 1.80. The summed E-state index contributed by atoms with van der Waals surface area (Å²) in [6.45, 7) is 0.978. The van der Waals surface area contributed by atoms with Gasteiger partial charge in [-0.05, 0) is 30.4 Å². The Kier molecular flexibility index (Phi) is 4.10. The van der Waals surface area contributed by atoms with Crippen LogP contribution in [0.3, 0.4) is 0 Å². The van der Waals surface area contributed by atoms with E-state index < -0.39 is 11.4 Å². The minimum Gasteiger partial charge on any atom is -0.441 e. The molecule has 1 aromatic carbocycles. The summed E-state index contributed by atoms with van der Waals surface area (Å²) in [5, 5.41) is 7.39. The summed E-state index contributed by atoms with van der Waals surface area (Å²) in [4.78, 5) is 26.2. The largest absolute Gasteiger partial charge is 0.441 e. The first-order chi connectivity index (χ1) is 13.9. The number of nitrogens with zero attached hydrogens (tertiary/aromatic N) is 3. The van der Waals surface area contributed by atoms with Gasteiger partial charge in [-0.3, -0.25) is 9.48 Å². The van der Waals surface area contributed by atoms with Crippen molar-refractivity contribution in [2.75, 3.05) is 13.1 Å². The van der Waals surface area contributed by atoms with Crippen molar-refractivity contribution in [3.8, 4) is 0 Å². The van der Waals surface area contributed by atoms with Crippen LogP contribution in [0, 0.1) is 11.7 Å². The van der Waals surface area contributed by atoms with Crippen molar-refractivity contribution in [3.63, 3.8) is 0 Å². The number of aryl methyl sites for hydroxylation is 1.